The lowest BCUT2D eigenvalue weighted by molar-refractivity contribution is -0.126. The average molecular weight is 900 g/mol. The number of fused-ring (bicyclic) bond motifs is 1. The molecule has 3 fully saturated rings. The van der Waals surface area contributed by atoms with Crippen LogP contribution in [0, 0.1) is 17.0 Å². The Hall–Kier alpha value is -5.42. The Bertz CT molecular complexity index is 2170. The monoisotopic (exact) mass is 900 g/mol. The van der Waals surface area contributed by atoms with E-state index in [1.54, 1.807) is 16.1 Å². The van der Waals surface area contributed by atoms with Gasteiger partial charge in [-0.05, 0) is 114 Å². The predicted molar refractivity (Wildman–Crippen MR) is 249 cm³/mol. The lowest BCUT2D eigenvalue weighted by atomic mass is 9.82. The zero-order valence-corrected chi connectivity index (χ0v) is 38.8. The lowest BCUT2D eigenvalue weighted by Crippen LogP contribution is -2.66. The maximum Gasteiger partial charge on any atom is 0.254 e. The third-order valence-electron chi connectivity index (χ3n) is 14.0. The van der Waals surface area contributed by atoms with E-state index < -0.39 is 17.2 Å². The second kappa shape index (κ2) is 20.8. The van der Waals surface area contributed by atoms with Crippen LogP contribution in [0.5, 0.6) is 0 Å². The number of likely N-dealkylation sites (N-methyl/N-ethyl adjacent to an activating group) is 1. The number of unbranched alkanes of at least 4 members (excludes halogenated alkanes) is 1. The summed E-state index contributed by atoms with van der Waals surface area (Å²) in [7, 11) is 4.15. The van der Waals surface area contributed by atoms with Crippen LogP contribution in [0.25, 0.3) is 0 Å². The quantitative estimate of drug-likeness (QED) is 0.110. The van der Waals surface area contributed by atoms with Crippen LogP contribution in [0.15, 0.2) is 42.7 Å². The van der Waals surface area contributed by atoms with Gasteiger partial charge in [0.25, 0.3) is 5.91 Å². The summed E-state index contributed by atoms with van der Waals surface area (Å²) in [6, 6.07) is 10.3. The number of hydrogen-bond acceptors (Lipinski definition) is 12. The van der Waals surface area contributed by atoms with Crippen molar-refractivity contribution in [3.63, 3.8) is 0 Å². The number of anilines is 4. The Morgan fingerprint density at radius 1 is 0.923 bits per heavy atom. The van der Waals surface area contributed by atoms with Crippen molar-refractivity contribution in [3.05, 3.63) is 71.1 Å². The fourth-order valence-corrected chi connectivity index (χ4v) is 9.60. The number of benzene rings is 2. The Balaban J connectivity index is 0.821. The fourth-order valence-electron chi connectivity index (χ4n) is 9.60. The van der Waals surface area contributed by atoms with Crippen molar-refractivity contribution in [2.24, 2.45) is 5.41 Å². The molecule has 2 aromatic carbocycles. The summed E-state index contributed by atoms with van der Waals surface area (Å²) in [5, 5.41) is 8.85. The number of likely N-dealkylation sites (tertiary alicyclic amines) is 1. The molecule has 1 aromatic heterocycles. The zero-order valence-electron chi connectivity index (χ0n) is 38.8. The molecule has 17 heteroatoms. The first-order valence-electron chi connectivity index (χ1n) is 23.2. The van der Waals surface area contributed by atoms with Crippen LogP contribution in [-0.2, 0) is 27.5 Å². The van der Waals surface area contributed by atoms with E-state index in [0.717, 1.165) is 87.8 Å². The molecule has 352 valence electrons. The highest BCUT2D eigenvalue weighted by molar-refractivity contribution is 5.99. The molecular weight excluding hydrogens is 833 g/mol. The van der Waals surface area contributed by atoms with Gasteiger partial charge in [-0.2, -0.15) is 0 Å². The SMILES string of the molecule is CC(CCC(=O)NC=O)N1Cc2cc(NCCN(C)CCCCN(C)c3cc(N4CCC5(CC4)CN(c4cc(F)c(CN6CCC(C)(C)CC6)cc4F)CC(=O)N5)ncn3)ccc2C1=O. The normalized spacial score (nSPS) is 18.7. The van der Waals surface area contributed by atoms with Crippen LogP contribution in [0.3, 0.4) is 0 Å². The van der Waals surface area contributed by atoms with Gasteiger partial charge in [0.2, 0.25) is 18.2 Å². The van der Waals surface area contributed by atoms with E-state index >= 15 is 8.78 Å². The van der Waals surface area contributed by atoms with Crippen LogP contribution >= 0.6 is 0 Å². The van der Waals surface area contributed by atoms with Crippen LogP contribution in [0.4, 0.5) is 31.8 Å². The van der Waals surface area contributed by atoms with Crippen molar-refractivity contribution in [1.82, 2.24) is 35.3 Å². The largest absolute Gasteiger partial charge is 0.384 e. The predicted octanol–water partition coefficient (Wildman–Crippen LogP) is 5.01. The molecule has 0 saturated carbocycles. The zero-order chi connectivity index (χ0) is 46.3. The molecule has 3 N–H and O–H groups in total. The van der Waals surface area contributed by atoms with Gasteiger partial charge in [0.1, 0.15) is 29.6 Å². The summed E-state index contributed by atoms with van der Waals surface area (Å²) in [5.74, 6) is 0.162. The third kappa shape index (κ3) is 12.1. The average Bonchev–Trinajstić information content (AvgIpc) is 3.61. The first kappa shape index (κ1) is 47.5. The number of nitrogens with one attached hydrogen (secondary N) is 3. The van der Waals surface area contributed by atoms with E-state index in [4.69, 9.17) is 0 Å². The van der Waals surface area contributed by atoms with E-state index in [1.807, 2.05) is 38.2 Å². The van der Waals surface area contributed by atoms with Gasteiger partial charge in [0, 0.05) is 101 Å². The first-order chi connectivity index (χ1) is 31.1. The number of piperazine rings is 1. The molecule has 3 saturated heterocycles. The van der Waals surface area contributed by atoms with Gasteiger partial charge in [0.05, 0.1) is 17.8 Å². The van der Waals surface area contributed by atoms with Crippen LogP contribution in [0.1, 0.15) is 93.6 Å². The van der Waals surface area contributed by atoms with Gasteiger partial charge in [0.15, 0.2) is 0 Å². The standard InChI is InChI=1S/C48H67F2N11O4/c1-34(8-11-44(63)54-33-62)61-29-35-24-37(9-10-38(35)46(61)65)51-16-23-56(4)17-6-7-18-57(5)42-27-43(53-32-52-42)59-21-14-48(15-22-59)31-60(30-45(64)55-48)41-26-39(49)36(25-40(41)50)28-58-19-12-47(2,3)13-20-58/h9-10,24-27,32-34,51H,6-8,11-23,28-31H2,1-5H3,(H,55,64)(H,54,62,63). The maximum atomic E-state index is 15.7. The number of imide groups is 1. The van der Waals surface area contributed by atoms with Gasteiger partial charge < -0.3 is 35.1 Å². The summed E-state index contributed by atoms with van der Waals surface area (Å²) < 4.78 is 31.2. The number of carbonyl (C=O) groups is 4. The molecule has 15 nitrogen and oxygen atoms in total. The third-order valence-corrected chi connectivity index (χ3v) is 14.0. The van der Waals surface area contributed by atoms with Crippen molar-refractivity contribution in [2.75, 3.05) is 99.6 Å². The van der Waals surface area contributed by atoms with Gasteiger partial charge in [-0.1, -0.05) is 13.8 Å². The second-order valence-corrected chi connectivity index (χ2v) is 19.5. The summed E-state index contributed by atoms with van der Waals surface area (Å²) >= 11 is 0. The van der Waals surface area contributed by atoms with E-state index in [9.17, 15) is 19.2 Å². The lowest BCUT2D eigenvalue weighted by Gasteiger charge is -2.48. The molecule has 1 unspecified atom stereocenters. The van der Waals surface area contributed by atoms with Crippen molar-refractivity contribution in [2.45, 2.75) is 96.8 Å². The minimum absolute atomic E-state index is 0.0176. The molecule has 7 rings (SSSR count). The Morgan fingerprint density at radius 2 is 1.68 bits per heavy atom. The topological polar surface area (TPSA) is 150 Å². The van der Waals surface area contributed by atoms with E-state index in [-0.39, 0.29) is 47.8 Å². The van der Waals surface area contributed by atoms with Gasteiger partial charge in [-0.3, -0.25) is 29.4 Å². The Morgan fingerprint density at radius 3 is 2.43 bits per heavy atom. The van der Waals surface area contributed by atoms with E-state index in [1.165, 1.54) is 12.1 Å². The molecule has 0 radical (unpaired) electrons. The number of halogens is 2. The van der Waals surface area contributed by atoms with Crippen LogP contribution in [0.2, 0.25) is 0 Å². The maximum absolute atomic E-state index is 15.7. The molecular formula is C48H67F2N11O4. The highest BCUT2D eigenvalue weighted by atomic mass is 19.1. The van der Waals surface area contributed by atoms with Gasteiger partial charge in [-0.25, -0.2) is 18.7 Å². The number of aromatic nitrogens is 2. The van der Waals surface area contributed by atoms with Crippen molar-refractivity contribution in [1.29, 1.82) is 0 Å². The molecule has 4 amide bonds. The van der Waals surface area contributed by atoms with E-state index in [2.05, 4.69) is 66.4 Å². The van der Waals surface area contributed by atoms with Crippen molar-refractivity contribution >= 4 is 47.1 Å². The number of rotatable bonds is 19. The summed E-state index contributed by atoms with van der Waals surface area (Å²) in [6.07, 6.45) is 7.97. The second-order valence-electron chi connectivity index (χ2n) is 19.5. The van der Waals surface area contributed by atoms with Crippen LogP contribution in [-0.4, -0.2) is 140 Å². The minimum atomic E-state index is -0.558. The minimum Gasteiger partial charge on any atom is -0.384 e. The first-order valence-corrected chi connectivity index (χ1v) is 23.2. The molecule has 4 aliphatic heterocycles. The summed E-state index contributed by atoms with van der Waals surface area (Å²) in [4.78, 5) is 69.8. The molecule has 1 atom stereocenters. The Kier molecular flexibility index (Phi) is 15.2. The molecule has 1 spiro atoms. The number of piperidine rings is 2. The molecule has 0 aliphatic carbocycles. The van der Waals surface area contributed by atoms with Gasteiger partial charge in [-0.15, -0.1) is 0 Å². The molecule has 4 aliphatic rings. The molecule has 0 bridgehead atoms. The Labute approximate surface area is 382 Å². The highest BCUT2D eigenvalue weighted by Crippen LogP contribution is 2.35. The number of hydrogen-bond donors (Lipinski definition) is 3. The smallest absolute Gasteiger partial charge is 0.254 e. The number of nitrogens with zero attached hydrogens (tertiary/aromatic N) is 8. The van der Waals surface area contributed by atoms with Crippen molar-refractivity contribution in [3.8, 4) is 0 Å². The summed E-state index contributed by atoms with van der Waals surface area (Å²) in [6.45, 7) is 14.1. The summed E-state index contributed by atoms with van der Waals surface area (Å²) in [5.41, 5.74) is 2.83. The molecule has 5 heterocycles. The number of amides is 4. The molecule has 65 heavy (non-hydrogen) atoms. The van der Waals surface area contributed by atoms with Crippen LogP contribution < -0.4 is 30.7 Å². The van der Waals surface area contributed by atoms with E-state index in [0.29, 0.717) is 69.5 Å². The number of carbonyl (C=O) groups excluding carboxylic acids is 4. The molecule has 3 aromatic rings. The van der Waals surface area contributed by atoms with Gasteiger partial charge >= 0.3 is 0 Å². The highest BCUT2D eigenvalue weighted by Gasteiger charge is 2.42. The van der Waals surface area contributed by atoms with Crippen molar-refractivity contribution < 1.29 is 28.0 Å². The fraction of sp³-hybridized carbons (Fsp3) is 0.583.